The molecule has 0 amide bonds. The Kier molecular flexibility index (Phi) is 52.2. The number of hydrogen-bond donors (Lipinski definition) is 1. The molecule has 14 nitrogen and oxygen atoms in total. The van der Waals surface area contributed by atoms with Gasteiger partial charge in [0.2, 0.25) is 10.0 Å². The van der Waals surface area contributed by atoms with Crippen LogP contribution in [0.15, 0.2) is 459 Å². The number of sulfonamides is 1. The van der Waals surface area contributed by atoms with Crippen LogP contribution in [-0.2, 0) is 58.3 Å². The van der Waals surface area contributed by atoms with E-state index in [-0.39, 0.29) is 98.0 Å². The van der Waals surface area contributed by atoms with Crippen molar-refractivity contribution in [3.8, 4) is 23.0 Å². The maximum absolute atomic E-state index is 12.8. The lowest BCUT2D eigenvalue weighted by Gasteiger charge is -2.11. The quantitative estimate of drug-likeness (QED) is 0.0149. The first-order chi connectivity index (χ1) is 69.2. The summed E-state index contributed by atoms with van der Waals surface area (Å²) in [5, 5.41) is 15.0. The number of aromatic carboxylic acids is 1. The molecule has 17 rings (SSSR count). The van der Waals surface area contributed by atoms with Crippen LogP contribution in [-0.4, -0.2) is 57.7 Å². The number of carbonyl (C=O) groups excluding carboxylic acids is 5. The number of rotatable bonds is 24. The SMILES string of the molecule is CS(N)(=O)=O.O=C(OCCOc1ccc([S+](c2ccccc2)c2ccccc2)cc1)c1c(I)ccc(I)c1I.O=C(Oc1ccc([S+](c2ccccc2)c2ccccc2)cc1)c1c(I)ccc(I)c1I.O=C(Oc1ccc([S+](c2ccccc2)c2ccccc2)cc1)c1c(I)ccc(I)c1I.O=C(Oc1ccc([S+](c2ccccc2)c2ccccc2)cc1)c1c(I)ccc(I)c1I.O=C([O-])c1c(I)ccc(I)c1I.[I-]. The third-order valence-electron chi connectivity index (χ3n) is 19.5. The van der Waals surface area contributed by atoms with Crippen LogP contribution in [0.5, 0.6) is 23.0 Å². The van der Waals surface area contributed by atoms with Crippen LogP contribution in [0.2, 0.25) is 0 Å². The number of benzene rings is 17. The van der Waals surface area contributed by atoms with Gasteiger partial charge in [-0.15, -0.1) is 0 Å². The smallest absolute Gasteiger partial charge is 0.345 e. The lowest BCUT2D eigenvalue weighted by Crippen LogP contribution is -3.00. The fourth-order valence-corrected chi connectivity index (χ4v) is 33.1. The predicted molar refractivity (Wildman–Crippen MR) is 703 cm³/mol. The van der Waals surface area contributed by atoms with Gasteiger partial charge in [0.1, 0.15) is 36.2 Å². The summed E-state index contributed by atoms with van der Waals surface area (Å²) < 4.78 is 61.0. The molecule has 0 saturated heterocycles. The van der Waals surface area contributed by atoms with E-state index in [1.165, 1.54) is 58.7 Å². The molecule has 0 aliphatic rings. The third kappa shape index (κ3) is 36.5. The Morgan fingerprint density at radius 2 is 0.393 bits per heavy atom. The summed E-state index contributed by atoms with van der Waals surface area (Å²) in [4.78, 5) is 76.5. The fraction of sp³-hybridized carbons (Fsp3) is 0.0273. The van der Waals surface area contributed by atoms with Crippen molar-refractivity contribution in [3.63, 3.8) is 0 Å². The van der Waals surface area contributed by atoms with E-state index < -0.39 is 16.0 Å². The first-order valence-corrected chi connectivity index (χ1v) is 65.4. The van der Waals surface area contributed by atoms with Crippen molar-refractivity contribution in [1.82, 2.24) is 0 Å². The van der Waals surface area contributed by atoms with Gasteiger partial charge < -0.3 is 57.6 Å². The van der Waals surface area contributed by atoms with E-state index in [1.54, 1.807) is 6.07 Å². The van der Waals surface area contributed by atoms with Crippen LogP contribution in [0.4, 0.5) is 0 Å². The second kappa shape index (κ2) is 62.0. The fourth-order valence-electron chi connectivity index (χ4n) is 13.1. The molecule has 0 atom stereocenters. The molecule has 0 aliphatic heterocycles. The lowest BCUT2D eigenvalue weighted by atomic mass is 10.2. The number of primary sulfonamides is 1. The minimum absolute atomic E-state index is 0. The van der Waals surface area contributed by atoms with E-state index in [9.17, 15) is 37.5 Å². The Labute approximate surface area is 1080 Å². The van der Waals surface area contributed by atoms with Gasteiger partial charge >= 0.3 is 23.9 Å². The molecule has 0 bridgehead atoms. The third-order valence-corrected chi connectivity index (χ3v) is 48.2. The molecule has 145 heavy (non-hydrogen) atoms. The highest BCUT2D eigenvalue weighted by Crippen LogP contribution is 2.40. The molecule has 0 spiro atoms. The second-order valence-corrected chi connectivity index (χ2v) is 56.3. The molecule has 0 aliphatic carbocycles. The van der Waals surface area contributed by atoms with Crippen molar-refractivity contribution in [1.29, 1.82) is 0 Å². The molecule has 0 radical (unpaired) electrons. The Bertz CT molecular complexity index is 6760. The maximum Gasteiger partial charge on any atom is 0.345 e. The highest BCUT2D eigenvalue weighted by Gasteiger charge is 2.34. The van der Waals surface area contributed by atoms with E-state index in [2.05, 4.69) is 541 Å². The standard InChI is InChI=1S/C27H20I3O3S.3C25H16I3O2S.C7H3I3O2.CH5NO2S.HI/c28-23-15-16-24(29)26(30)25(23)27(31)33-18-17-32-19-11-13-22(14-12-19)34(20-7-3-1-4-8-20)21-9-5-2-6-10-21;3*26-21-15-16-22(27)24(28)23(21)25(29)30-17-11-13-20(14-12-17)31(18-7-3-1-4-8-18)19-9-5-2-6-10-19;8-3-1-2-4(9)6(10)5(3)7(11)12;1-5(2,3)4;/h1-16H,17-18H2;3*1-16H;1-2H,(H,11,12);1H3,(H2,2,3,4);1H/q4*+1;;;/p-2. The summed E-state index contributed by atoms with van der Waals surface area (Å²) in [5.74, 6) is -0.0246. The zero-order chi connectivity index (χ0) is 103. The number of hydrogen-bond acceptors (Lipinski definition) is 13. The van der Waals surface area contributed by atoms with Gasteiger partial charge in [0.25, 0.3) is 0 Å². The molecule has 0 heterocycles. The molecule has 0 aromatic heterocycles. The number of nitrogens with two attached hydrogens (primary N) is 1. The Morgan fingerprint density at radius 1 is 0.234 bits per heavy atom. The normalized spacial score (nSPS) is 10.7. The van der Waals surface area contributed by atoms with Gasteiger partial charge in [-0.3, -0.25) is 0 Å². The van der Waals surface area contributed by atoms with Crippen molar-refractivity contribution in [2.45, 2.75) is 58.7 Å². The van der Waals surface area contributed by atoms with Gasteiger partial charge in [-0.05, 0) is 594 Å². The summed E-state index contributed by atoms with van der Waals surface area (Å²) >= 11 is 32.5. The number of halogens is 16. The van der Waals surface area contributed by atoms with Crippen LogP contribution in [0.25, 0.3) is 0 Å². The van der Waals surface area contributed by atoms with Crippen molar-refractivity contribution in [2.24, 2.45) is 5.14 Å². The van der Waals surface area contributed by atoms with Gasteiger partial charge in [0.15, 0.2) is 58.7 Å². The van der Waals surface area contributed by atoms with E-state index in [4.69, 9.17) is 23.7 Å². The summed E-state index contributed by atoms with van der Waals surface area (Å²) in [5.41, 5.74) is 2.76. The van der Waals surface area contributed by atoms with Gasteiger partial charge in [-0.25, -0.2) is 32.7 Å². The molecule has 17 aromatic carbocycles. The highest BCUT2D eigenvalue weighted by molar-refractivity contribution is 14.1. The van der Waals surface area contributed by atoms with E-state index in [0.29, 0.717) is 51.7 Å². The number of carboxylic acid groups (broad SMARTS) is 1. The van der Waals surface area contributed by atoms with Gasteiger partial charge in [-0.1, -0.05) is 146 Å². The van der Waals surface area contributed by atoms with Crippen LogP contribution >= 0.6 is 339 Å². The molecule has 0 unspecified atom stereocenters. The second-order valence-electron chi connectivity index (χ2n) is 29.5. The Balaban J connectivity index is 0.000000174. The molecule has 17 aromatic rings. The molecule has 0 saturated carbocycles. The Morgan fingerprint density at radius 3 is 0.579 bits per heavy atom. The molecule has 0 fully saturated rings. The molecular formula is C110H75I16NO13S5+2. The minimum atomic E-state index is -3.17. The number of esters is 4. The van der Waals surface area contributed by atoms with E-state index >= 15 is 0 Å². The predicted octanol–water partition coefficient (Wildman–Crippen LogP) is 29.0. The van der Waals surface area contributed by atoms with Gasteiger partial charge in [0, 0.05) is 59.1 Å². The summed E-state index contributed by atoms with van der Waals surface area (Å²) in [6.07, 6.45) is 0.938. The van der Waals surface area contributed by atoms with Crippen LogP contribution in [0, 0.1) is 53.6 Å². The number of ether oxygens (including phenoxy) is 5. The summed E-state index contributed by atoms with van der Waals surface area (Å²) in [7, 11) is -4.04. The largest absolute Gasteiger partial charge is 1.00 e. The zero-order valence-electron chi connectivity index (χ0n) is 75.0. The molecule has 2 N–H and O–H groups in total. The van der Waals surface area contributed by atoms with Crippen molar-refractivity contribution in [2.75, 3.05) is 19.5 Å². The first-order valence-electron chi connectivity index (χ1n) is 42.3. The van der Waals surface area contributed by atoms with E-state index in [1.807, 2.05) is 197 Å². The number of carboxylic acids is 1. The number of carbonyl (C=O) groups is 5. The minimum Gasteiger partial charge on any atom is -1.00 e. The highest BCUT2D eigenvalue weighted by atomic mass is 127. The van der Waals surface area contributed by atoms with Crippen LogP contribution in [0.3, 0.4) is 0 Å². The zero-order valence-corrected chi connectivity index (χ0v) is 114. The monoisotopic (exact) mass is 3810 g/mol. The van der Waals surface area contributed by atoms with E-state index in [0.717, 1.165) is 65.6 Å². The van der Waals surface area contributed by atoms with Crippen molar-refractivity contribution >= 4 is 422 Å². The topological polar surface area (TPSA) is 215 Å². The average Bonchev–Trinajstić information content (AvgIpc) is 0.814. The van der Waals surface area contributed by atoms with Gasteiger partial charge in [0.05, 0.1) is 78.1 Å². The first kappa shape index (κ1) is 122. The maximum atomic E-state index is 12.8. The lowest BCUT2D eigenvalue weighted by molar-refractivity contribution is -0.255. The Hall–Kier alpha value is -3.12. The summed E-state index contributed by atoms with van der Waals surface area (Å²) in [6, 6.07) is 135. The van der Waals surface area contributed by atoms with Crippen LogP contribution in [0.1, 0.15) is 51.8 Å². The molecular weight excluding hydrogens is 3730 g/mol. The average molecular weight is 3810 g/mol. The molecule has 738 valence electrons. The summed E-state index contributed by atoms with van der Waals surface area (Å²) in [6.45, 7) is 0.488. The van der Waals surface area contributed by atoms with Crippen molar-refractivity contribution < 1.29 is 85.2 Å². The van der Waals surface area contributed by atoms with Crippen molar-refractivity contribution in [3.05, 3.63) is 482 Å². The molecule has 35 heteroatoms. The van der Waals surface area contributed by atoms with Gasteiger partial charge in [-0.2, -0.15) is 0 Å². The van der Waals surface area contributed by atoms with Crippen LogP contribution < -0.4 is 53.2 Å².